The Kier molecular flexibility index (Phi) is 8.78. The van der Waals surface area contributed by atoms with Crippen LogP contribution in [0.4, 0.5) is 17.1 Å². The fourth-order valence-electron chi connectivity index (χ4n) is 8.91. The van der Waals surface area contributed by atoms with Crippen molar-refractivity contribution in [3.05, 3.63) is 235 Å². The summed E-state index contributed by atoms with van der Waals surface area (Å²) >= 11 is 0. The SMILES string of the molecule is c1ccc(-c2ccc(N(c3ccc(-c4ccccc4)cc3)c3ccc(C4=NC(c5cccc6c5oc5ccccc56)=NC(c5ccccc5)N4)c4oc5ccccc5c34)cc2)cc1. The minimum Gasteiger partial charge on any atom is -0.455 e. The molecule has 1 unspecified atom stereocenters. The molecule has 1 atom stereocenters. The zero-order valence-electron chi connectivity index (χ0n) is 34.0. The molecule has 0 saturated heterocycles. The summed E-state index contributed by atoms with van der Waals surface area (Å²) in [4.78, 5) is 12.9. The molecular weight excluding hydrogens is 773 g/mol. The molecule has 1 N–H and O–H groups in total. The van der Waals surface area contributed by atoms with Gasteiger partial charge < -0.3 is 19.1 Å². The van der Waals surface area contributed by atoms with E-state index in [0.717, 1.165) is 88.8 Å². The summed E-state index contributed by atoms with van der Waals surface area (Å²) in [5.74, 6) is 1.23. The summed E-state index contributed by atoms with van der Waals surface area (Å²) < 4.78 is 13.5. The van der Waals surface area contributed by atoms with Crippen LogP contribution >= 0.6 is 0 Å². The van der Waals surface area contributed by atoms with Crippen LogP contribution < -0.4 is 10.2 Å². The van der Waals surface area contributed by atoms with Gasteiger partial charge in [-0.05, 0) is 82.4 Å². The highest BCUT2D eigenvalue weighted by molar-refractivity contribution is 6.24. The molecule has 0 aliphatic carbocycles. The molecular formula is C57H38N4O2. The van der Waals surface area contributed by atoms with Crippen LogP contribution in [-0.2, 0) is 0 Å². The molecule has 298 valence electrons. The van der Waals surface area contributed by atoms with E-state index in [4.69, 9.17) is 18.8 Å². The van der Waals surface area contributed by atoms with Crippen LogP contribution in [-0.4, -0.2) is 11.7 Å². The number of anilines is 3. The molecule has 6 heteroatoms. The molecule has 63 heavy (non-hydrogen) atoms. The Morgan fingerprint density at radius 2 is 0.937 bits per heavy atom. The van der Waals surface area contributed by atoms with Crippen molar-refractivity contribution in [2.75, 3.05) is 4.90 Å². The van der Waals surface area contributed by atoms with Crippen molar-refractivity contribution in [2.24, 2.45) is 9.98 Å². The topological polar surface area (TPSA) is 66.3 Å². The second-order valence-corrected chi connectivity index (χ2v) is 15.7. The summed E-state index contributed by atoms with van der Waals surface area (Å²) in [5.41, 5.74) is 13.4. The standard InChI is InChI=1S/C57H38N4O2/c1-4-15-37(16-5-1)39-27-31-42(32-28-39)61(43-33-29-40(30-34-43)38-17-6-2-7-18-38)49-36-35-48(54-52(49)46-22-11-13-26-51(46)63-54)57-59-55(41-19-8-3-9-20-41)58-56(60-57)47-24-14-23-45-44-21-10-12-25-50(44)62-53(45)47/h1-36,55H,(H,58,59,60). The van der Waals surface area contributed by atoms with E-state index in [9.17, 15) is 0 Å². The van der Waals surface area contributed by atoms with Gasteiger partial charge in [-0.2, -0.15) is 0 Å². The van der Waals surface area contributed by atoms with Gasteiger partial charge in [-0.25, -0.2) is 9.98 Å². The second kappa shape index (κ2) is 15.2. The van der Waals surface area contributed by atoms with Gasteiger partial charge in [0.25, 0.3) is 0 Å². The summed E-state index contributed by atoms with van der Waals surface area (Å²) in [6.07, 6.45) is -0.421. The first-order valence-corrected chi connectivity index (χ1v) is 21.2. The molecule has 0 spiro atoms. The summed E-state index contributed by atoms with van der Waals surface area (Å²) in [6.45, 7) is 0. The van der Waals surface area contributed by atoms with Crippen molar-refractivity contribution >= 4 is 72.6 Å². The number of nitrogens with one attached hydrogen (secondary N) is 1. The van der Waals surface area contributed by atoms with Crippen molar-refractivity contribution in [3.63, 3.8) is 0 Å². The summed E-state index contributed by atoms with van der Waals surface area (Å²) in [6, 6.07) is 75.8. The number of aliphatic imine (C=N–C) groups is 2. The predicted molar refractivity (Wildman–Crippen MR) is 258 cm³/mol. The second-order valence-electron chi connectivity index (χ2n) is 15.7. The van der Waals surface area contributed by atoms with E-state index >= 15 is 0 Å². The Labute approximate surface area is 363 Å². The van der Waals surface area contributed by atoms with E-state index in [1.54, 1.807) is 0 Å². The molecule has 11 aromatic rings. The Balaban J connectivity index is 1.05. The van der Waals surface area contributed by atoms with E-state index in [-0.39, 0.29) is 0 Å². The molecule has 12 rings (SSSR count). The Morgan fingerprint density at radius 3 is 1.59 bits per heavy atom. The molecule has 0 amide bonds. The van der Waals surface area contributed by atoms with Gasteiger partial charge in [0.15, 0.2) is 5.84 Å². The van der Waals surface area contributed by atoms with Crippen LogP contribution in [0.5, 0.6) is 0 Å². The van der Waals surface area contributed by atoms with E-state index in [1.165, 1.54) is 11.1 Å². The number of benzene rings is 9. The average Bonchev–Trinajstić information content (AvgIpc) is 3.95. The van der Waals surface area contributed by atoms with Crippen molar-refractivity contribution in [3.8, 4) is 22.3 Å². The lowest BCUT2D eigenvalue weighted by atomic mass is 10.0. The van der Waals surface area contributed by atoms with Gasteiger partial charge in [-0.3, -0.25) is 0 Å². The third kappa shape index (κ3) is 6.44. The van der Waals surface area contributed by atoms with Crippen molar-refractivity contribution in [2.45, 2.75) is 6.17 Å². The van der Waals surface area contributed by atoms with Gasteiger partial charge in [0.05, 0.1) is 22.2 Å². The number of furan rings is 2. The van der Waals surface area contributed by atoms with Gasteiger partial charge in [0, 0.05) is 27.5 Å². The monoisotopic (exact) mass is 810 g/mol. The molecule has 0 radical (unpaired) electrons. The van der Waals surface area contributed by atoms with E-state index < -0.39 is 6.17 Å². The lowest BCUT2D eigenvalue weighted by molar-refractivity contribution is 0.658. The summed E-state index contributed by atoms with van der Waals surface area (Å²) in [7, 11) is 0. The number of amidine groups is 2. The third-order valence-electron chi connectivity index (χ3n) is 12.0. The number of fused-ring (bicyclic) bond motifs is 6. The van der Waals surface area contributed by atoms with Gasteiger partial charge in [0.2, 0.25) is 0 Å². The van der Waals surface area contributed by atoms with Crippen LogP contribution in [0.15, 0.2) is 237 Å². The molecule has 3 heterocycles. The first-order valence-electron chi connectivity index (χ1n) is 21.2. The Hall–Kier alpha value is -8.48. The zero-order valence-corrected chi connectivity index (χ0v) is 34.0. The van der Waals surface area contributed by atoms with Crippen LogP contribution in [0, 0.1) is 0 Å². The highest BCUT2D eigenvalue weighted by atomic mass is 16.3. The normalized spacial score (nSPS) is 13.9. The molecule has 0 bridgehead atoms. The van der Waals surface area contributed by atoms with Crippen molar-refractivity contribution < 1.29 is 8.83 Å². The molecule has 0 saturated carbocycles. The number of rotatable bonds is 8. The largest absolute Gasteiger partial charge is 0.455 e. The first-order chi connectivity index (χ1) is 31.2. The highest BCUT2D eigenvalue weighted by Gasteiger charge is 2.28. The first kappa shape index (κ1) is 36.4. The number of para-hydroxylation sites is 3. The molecule has 2 aromatic heterocycles. The van der Waals surface area contributed by atoms with Gasteiger partial charge >= 0.3 is 0 Å². The van der Waals surface area contributed by atoms with E-state index in [1.807, 2.05) is 66.7 Å². The molecule has 1 aliphatic rings. The number of hydrogen-bond donors (Lipinski definition) is 1. The fraction of sp³-hybridized carbons (Fsp3) is 0.0175. The van der Waals surface area contributed by atoms with E-state index in [0.29, 0.717) is 11.7 Å². The minimum absolute atomic E-state index is 0.421. The number of nitrogens with zero attached hydrogens (tertiary/aromatic N) is 3. The number of hydrogen-bond acceptors (Lipinski definition) is 6. The van der Waals surface area contributed by atoms with Crippen LogP contribution in [0.2, 0.25) is 0 Å². The van der Waals surface area contributed by atoms with E-state index in [2.05, 4.69) is 162 Å². The average molecular weight is 811 g/mol. The zero-order chi connectivity index (χ0) is 41.7. The summed E-state index contributed by atoms with van der Waals surface area (Å²) in [5, 5.41) is 7.78. The molecule has 1 aliphatic heterocycles. The van der Waals surface area contributed by atoms with Crippen molar-refractivity contribution in [1.82, 2.24) is 5.32 Å². The lowest BCUT2D eigenvalue weighted by Crippen LogP contribution is -2.33. The molecule has 9 aromatic carbocycles. The van der Waals surface area contributed by atoms with Crippen LogP contribution in [0.25, 0.3) is 66.1 Å². The highest BCUT2D eigenvalue weighted by Crippen LogP contribution is 2.45. The fourth-order valence-corrected chi connectivity index (χ4v) is 8.91. The van der Waals surface area contributed by atoms with Gasteiger partial charge in [0.1, 0.15) is 34.3 Å². The quantitative estimate of drug-likeness (QED) is 0.166. The van der Waals surface area contributed by atoms with Gasteiger partial charge in [-0.1, -0.05) is 164 Å². The van der Waals surface area contributed by atoms with Crippen LogP contribution in [0.1, 0.15) is 22.9 Å². The van der Waals surface area contributed by atoms with Crippen LogP contribution in [0.3, 0.4) is 0 Å². The Bertz CT molecular complexity index is 3440. The predicted octanol–water partition coefficient (Wildman–Crippen LogP) is 14.8. The van der Waals surface area contributed by atoms with Gasteiger partial charge in [-0.15, -0.1) is 0 Å². The van der Waals surface area contributed by atoms with Crippen molar-refractivity contribution in [1.29, 1.82) is 0 Å². The molecule has 0 fully saturated rings. The maximum atomic E-state index is 6.94. The minimum atomic E-state index is -0.421. The Morgan fingerprint density at radius 1 is 0.413 bits per heavy atom. The lowest BCUT2D eigenvalue weighted by Gasteiger charge is -2.28. The molecule has 6 nitrogen and oxygen atoms in total. The maximum Gasteiger partial charge on any atom is 0.163 e. The maximum absolute atomic E-state index is 6.94. The smallest absolute Gasteiger partial charge is 0.163 e. The third-order valence-corrected chi connectivity index (χ3v) is 12.0.